The Morgan fingerprint density at radius 1 is 0.970 bits per heavy atom. The zero-order valence-electron chi connectivity index (χ0n) is 17.9. The van der Waals surface area contributed by atoms with Gasteiger partial charge in [0, 0.05) is 18.3 Å². The van der Waals surface area contributed by atoms with Crippen molar-refractivity contribution < 1.29 is 14.3 Å². The number of thioether (sulfide) groups is 1. The van der Waals surface area contributed by atoms with Crippen LogP contribution in [0.4, 0.5) is 0 Å². The fourth-order valence-electron chi connectivity index (χ4n) is 3.89. The van der Waals surface area contributed by atoms with Gasteiger partial charge in [-0.25, -0.2) is 0 Å². The molecule has 0 unspecified atom stereocenters. The molecule has 3 aromatic rings. The number of hydrogen-bond donors (Lipinski definition) is 0. The first-order valence-corrected chi connectivity index (χ1v) is 12.4. The van der Waals surface area contributed by atoms with Crippen LogP contribution >= 0.6 is 23.4 Å². The van der Waals surface area contributed by atoms with E-state index in [4.69, 9.17) is 16.3 Å². The van der Waals surface area contributed by atoms with Gasteiger partial charge in [0.15, 0.2) is 11.0 Å². The Balaban J connectivity index is 1.13. The van der Waals surface area contributed by atoms with Gasteiger partial charge in [0.25, 0.3) is 11.8 Å². The highest BCUT2D eigenvalue weighted by Gasteiger charge is 2.34. The molecule has 0 spiro atoms. The van der Waals surface area contributed by atoms with Crippen LogP contribution in [0.25, 0.3) is 0 Å². The van der Waals surface area contributed by atoms with E-state index < -0.39 is 0 Å². The van der Waals surface area contributed by atoms with Gasteiger partial charge in [-0.1, -0.05) is 47.6 Å². The number of hydrogen-bond acceptors (Lipinski definition) is 6. The van der Waals surface area contributed by atoms with Crippen molar-refractivity contribution >= 4 is 35.2 Å². The van der Waals surface area contributed by atoms with E-state index in [1.54, 1.807) is 42.1 Å². The highest BCUT2D eigenvalue weighted by atomic mass is 35.5. The van der Waals surface area contributed by atoms with E-state index in [-0.39, 0.29) is 11.8 Å². The maximum atomic E-state index is 12.5. The molecule has 9 heteroatoms. The number of unbranched alkanes of at least 4 members (excludes halogenated alkanes) is 1. The number of fused-ring (bicyclic) bond motifs is 1. The van der Waals surface area contributed by atoms with E-state index in [0.717, 1.165) is 42.4 Å². The van der Waals surface area contributed by atoms with Gasteiger partial charge in [-0.05, 0) is 49.9 Å². The van der Waals surface area contributed by atoms with Crippen LogP contribution in [0.1, 0.15) is 58.3 Å². The summed E-state index contributed by atoms with van der Waals surface area (Å²) in [5, 5.41) is 10.2. The lowest BCUT2D eigenvalue weighted by Crippen LogP contribution is -2.30. The third-order valence-corrected chi connectivity index (χ3v) is 7.07. The van der Waals surface area contributed by atoms with Gasteiger partial charge in [-0.3, -0.25) is 14.5 Å². The first-order valence-electron chi connectivity index (χ1n) is 11.0. The van der Waals surface area contributed by atoms with Crippen LogP contribution in [0, 0.1) is 0 Å². The van der Waals surface area contributed by atoms with Crippen molar-refractivity contribution in [3.05, 3.63) is 70.5 Å². The van der Waals surface area contributed by atoms with Gasteiger partial charge >= 0.3 is 0 Å². The lowest BCUT2D eigenvalue weighted by molar-refractivity contribution is 0.0652. The summed E-state index contributed by atoms with van der Waals surface area (Å²) in [6.07, 6.45) is 3.84. The molecule has 0 bridgehead atoms. The summed E-state index contributed by atoms with van der Waals surface area (Å²) < 4.78 is 8.04. The van der Waals surface area contributed by atoms with Crippen molar-refractivity contribution in [2.75, 3.05) is 12.3 Å². The van der Waals surface area contributed by atoms with Gasteiger partial charge in [0.1, 0.15) is 12.4 Å². The summed E-state index contributed by atoms with van der Waals surface area (Å²) in [5.74, 6) is 1.87. The number of amides is 2. The van der Waals surface area contributed by atoms with Gasteiger partial charge in [-0.15, -0.1) is 10.2 Å². The van der Waals surface area contributed by atoms with E-state index in [1.165, 1.54) is 4.90 Å². The maximum absolute atomic E-state index is 12.5. The van der Waals surface area contributed by atoms with E-state index in [1.807, 2.05) is 18.2 Å². The zero-order chi connectivity index (χ0) is 22.8. The smallest absolute Gasteiger partial charge is 0.261 e. The summed E-state index contributed by atoms with van der Waals surface area (Å²) in [5.41, 5.74) is 1.00. The molecule has 2 heterocycles. The molecule has 0 radical (unpaired) electrons. The van der Waals surface area contributed by atoms with Crippen LogP contribution in [0.3, 0.4) is 0 Å². The third-order valence-electron chi connectivity index (χ3n) is 5.73. The number of carbonyl (C=O) groups is 2. The number of carbonyl (C=O) groups excluding carboxylic acids is 2. The Bertz CT molecular complexity index is 1160. The SMILES string of the molecule is O=C1c2ccccc2C(=O)N1CCCCSc1nnc(COc2ccccc2Cl)n1C1CC1. The predicted molar refractivity (Wildman–Crippen MR) is 126 cm³/mol. The standard InChI is InChI=1S/C24H23ClN4O3S/c25-19-9-3-4-10-20(19)32-15-21-26-27-24(29(21)16-11-12-16)33-14-6-5-13-28-22(30)17-7-1-2-8-18(17)23(28)31/h1-4,7-10,16H,5-6,11-15H2. The highest BCUT2D eigenvalue weighted by molar-refractivity contribution is 7.99. The second-order valence-corrected chi connectivity index (χ2v) is 9.55. The molecule has 170 valence electrons. The molecular formula is C24H23ClN4O3S. The number of benzene rings is 2. The van der Waals surface area contributed by atoms with Gasteiger partial charge in [0.2, 0.25) is 0 Å². The molecule has 0 saturated heterocycles. The molecule has 1 saturated carbocycles. The number of para-hydroxylation sites is 1. The molecule has 2 amide bonds. The van der Waals surface area contributed by atoms with E-state index in [2.05, 4.69) is 14.8 Å². The average Bonchev–Trinajstić information content (AvgIpc) is 3.55. The van der Waals surface area contributed by atoms with Crippen LogP contribution in [-0.2, 0) is 6.61 Å². The van der Waals surface area contributed by atoms with Gasteiger partial charge in [-0.2, -0.15) is 0 Å². The minimum Gasteiger partial charge on any atom is -0.484 e. The molecule has 0 N–H and O–H groups in total. The largest absolute Gasteiger partial charge is 0.484 e. The number of aromatic nitrogens is 3. The van der Waals surface area contributed by atoms with Crippen molar-refractivity contribution in [3.63, 3.8) is 0 Å². The first-order chi connectivity index (χ1) is 16.1. The average molecular weight is 483 g/mol. The summed E-state index contributed by atoms with van der Waals surface area (Å²) in [6, 6.07) is 14.8. The molecule has 1 aliphatic heterocycles. The topological polar surface area (TPSA) is 77.3 Å². The molecule has 1 aromatic heterocycles. The number of imide groups is 1. The lowest BCUT2D eigenvalue weighted by Gasteiger charge is -2.13. The molecule has 33 heavy (non-hydrogen) atoms. The van der Waals surface area contributed by atoms with Crippen LogP contribution in [0.15, 0.2) is 53.7 Å². The van der Waals surface area contributed by atoms with Crippen LogP contribution in [-0.4, -0.2) is 43.8 Å². The van der Waals surface area contributed by atoms with Crippen LogP contribution < -0.4 is 4.74 Å². The zero-order valence-corrected chi connectivity index (χ0v) is 19.5. The van der Waals surface area contributed by atoms with Gasteiger partial charge in [0.05, 0.1) is 16.1 Å². The van der Waals surface area contributed by atoms with Crippen molar-refractivity contribution in [1.29, 1.82) is 0 Å². The molecule has 1 fully saturated rings. The minimum absolute atomic E-state index is 0.195. The monoisotopic (exact) mass is 482 g/mol. The predicted octanol–water partition coefficient (Wildman–Crippen LogP) is 5.01. The Hall–Kier alpha value is -2.84. The van der Waals surface area contributed by atoms with Crippen LogP contribution in [0.5, 0.6) is 5.75 Å². The lowest BCUT2D eigenvalue weighted by atomic mass is 10.1. The van der Waals surface area contributed by atoms with E-state index in [0.29, 0.717) is 41.1 Å². The van der Waals surface area contributed by atoms with Crippen LogP contribution in [0.2, 0.25) is 5.02 Å². The van der Waals surface area contributed by atoms with E-state index in [9.17, 15) is 9.59 Å². The van der Waals surface area contributed by atoms with Gasteiger partial charge < -0.3 is 9.30 Å². The Morgan fingerprint density at radius 3 is 2.36 bits per heavy atom. The minimum atomic E-state index is -0.195. The number of rotatable bonds is 10. The fraction of sp³-hybridized carbons (Fsp3) is 0.333. The molecule has 7 nitrogen and oxygen atoms in total. The molecular weight excluding hydrogens is 460 g/mol. The first kappa shape index (κ1) is 22.0. The maximum Gasteiger partial charge on any atom is 0.261 e. The summed E-state index contributed by atoms with van der Waals surface area (Å²) in [7, 11) is 0. The van der Waals surface area contributed by atoms with Crippen molar-refractivity contribution in [2.45, 2.75) is 43.5 Å². The summed E-state index contributed by atoms with van der Waals surface area (Å²) in [6.45, 7) is 0.743. The third kappa shape index (κ3) is 4.63. The molecule has 2 aromatic carbocycles. The quantitative estimate of drug-likeness (QED) is 0.229. The normalized spacial score (nSPS) is 15.2. The number of nitrogens with zero attached hydrogens (tertiary/aromatic N) is 4. The number of ether oxygens (including phenoxy) is 1. The van der Waals surface area contributed by atoms with Crippen molar-refractivity contribution in [3.8, 4) is 5.75 Å². The Kier molecular flexibility index (Phi) is 6.37. The second kappa shape index (κ2) is 9.57. The molecule has 2 aliphatic rings. The molecule has 1 aliphatic carbocycles. The summed E-state index contributed by atoms with van der Waals surface area (Å²) >= 11 is 7.83. The highest BCUT2D eigenvalue weighted by Crippen LogP contribution is 2.39. The Morgan fingerprint density at radius 2 is 1.67 bits per heavy atom. The number of halogens is 1. The molecule has 5 rings (SSSR count). The summed E-state index contributed by atoms with van der Waals surface area (Å²) in [4.78, 5) is 26.3. The fourth-order valence-corrected chi connectivity index (χ4v) is 5.10. The van der Waals surface area contributed by atoms with Crippen molar-refractivity contribution in [2.24, 2.45) is 0 Å². The Labute approximate surface area is 201 Å². The van der Waals surface area contributed by atoms with E-state index >= 15 is 0 Å². The molecule has 0 atom stereocenters. The second-order valence-electron chi connectivity index (χ2n) is 8.08. The van der Waals surface area contributed by atoms with Crippen molar-refractivity contribution in [1.82, 2.24) is 19.7 Å².